The number of aliphatic carboxylic acids is 1. The van der Waals surface area contributed by atoms with E-state index in [0.29, 0.717) is 18.1 Å². The first-order valence-corrected chi connectivity index (χ1v) is 10.2. The van der Waals surface area contributed by atoms with Crippen LogP contribution in [0.4, 0.5) is 0 Å². The minimum absolute atomic E-state index is 0.192. The highest BCUT2D eigenvalue weighted by atomic mass is 32.2. The molecule has 1 fully saturated rings. The fourth-order valence-electron chi connectivity index (χ4n) is 4.04. The lowest BCUT2D eigenvalue weighted by atomic mass is 9.97. The summed E-state index contributed by atoms with van der Waals surface area (Å²) in [5.74, 6) is -0.0290. The van der Waals surface area contributed by atoms with Crippen LogP contribution < -0.4 is 5.56 Å². The number of carboxylic acids is 1. The summed E-state index contributed by atoms with van der Waals surface area (Å²) in [6.45, 7) is 0. The van der Waals surface area contributed by atoms with Crippen LogP contribution in [0.15, 0.2) is 58.4 Å². The average Bonchev–Trinajstić information content (AvgIpc) is 3.38. The van der Waals surface area contributed by atoms with Gasteiger partial charge in [0, 0.05) is 11.8 Å². The summed E-state index contributed by atoms with van der Waals surface area (Å²) in [5.41, 5.74) is 3.25. The predicted octanol–water partition coefficient (Wildman–Crippen LogP) is 4.20. The highest BCUT2D eigenvalue weighted by Crippen LogP contribution is 2.48. The Hall–Kier alpha value is -2.53. The van der Waals surface area contributed by atoms with E-state index < -0.39 is 12.0 Å². The molecule has 0 amide bonds. The molecule has 2 aliphatic rings. The van der Waals surface area contributed by atoms with Crippen molar-refractivity contribution in [3.05, 3.63) is 75.6 Å². The Morgan fingerprint density at radius 1 is 1.11 bits per heavy atom. The number of fused-ring (bicyclic) bond motifs is 2. The molecule has 1 aliphatic heterocycles. The molecule has 5 rings (SSSR count). The van der Waals surface area contributed by atoms with E-state index in [-0.39, 0.29) is 5.56 Å². The Morgan fingerprint density at radius 2 is 1.89 bits per heavy atom. The van der Waals surface area contributed by atoms with E-state index in [1.54, 1.807) is 6.07 Å². The standard InChI is InChI=1S/C22H19NO3S/c24-19-11-17(10-13-5-6-14-3-1-2-4-16(14)9-13)20(15-7-8-15)21-23(19)18(12-27-21)22(25)26/h1-6,9,11,15,18H,7-8,10,12H2,(H,25,26)/t18-/m0/s1. The number of hydrogen-bond acceptors (Lipinski definition) is 3. The van der Waals surface area contributed by atoms with Crippen LogP contribution in [0.5, 0.6) is 0 Å². The Bertz CT molecular complexity index is 1130. The lowest BCUT2D eigenvalue weighted by molar-refractivity contribution is -0.140. The Balaban J connectivity index is 1.61. The second-order valence-electron chi connectivity index (χ2n) is 7.39. The number of nitrogens with zero attached hydrogens (tertiary/aromatic N) is 1. The number of pyridine rings is 1. The monoisotopic (exact) mass is 377 g/mol. The summed E-state index contributed by atoms with van der Waals surface area (Å²) in [7, 11) is 0. The number of rotatable bonds is 4. The first-order valence-electron chi connectivity index (χ1n) is 9.23. The molecule has 0 spiro atoms. The van der Waals surface area contributed by atoms with Crippen LogP contribution in [0.25, 0.3) is 10.8 Å². The molecule has 1 aromatic heterocycles. The van der Waals surface area contributed by atoms with Crippen molar-refractivity contribution in [3.8, 4) is 0 Å². The van der Waals surface area contributed by atoms with Crippen LogP contribution in [0.2, 0.25) is 0 Å². The molecule has 0 radical (unpaired) electrons. The minimum atomic E-state index is -0.924. The van der Waals surface area contributed by atoms with Crippen molar-refractivity contribution in [2.75, 3.05) is 5.75 Å². The molecule has 0 unspecified atom stereocenters. The van der Waals surface area contributed by atoms with Crippen LogP contribution >= 0.6 is 11.8 Å². The van der Waals surface area contributed by atoms with Gasteiger partial charge in [-0.25, -0.2) is 4.79 Å². The second kappa shape index (κ2) is 6.27. The topological polar surface area (TPSA) is 59.3 Å². The summed E-state index contributed by atoms with van der Waals surface area (Å²) in [6, 6.07) is 15.6. The summed E-state index contributed by atoms with van der Waals surface area (Å²) in [6.07, 6.45) is 2.94. The maximum atomic E-state index is 12.7. The van der Waals surface area contributed by atoms with E-state index in [0.717, 1.165) is 23.4 Å². The molecule has 1 aliphatic carbocycles. The molecule has 0 bridgehead atoms. The molecule has 136 valence electrons. The zero-order valence-corrected chi connectivity index (χ0v) is 15.5. The largest absolute Gasteiger partial charge is 0.480 e. The van der Waals surface area contributed by atoms with Crippen molar-refractivity contribution in [1.82, 2.24) is 4.57 Å². The molecule has 1 atom stereocenters. The smallest absolute Gasteiger partial charge is 0.327 e. The second-order valence-corrected chi connectivity index (χ2v) is 8.40. The molecule has 1 saturated carbocycles. The van der Waals surface area contributed by atoms with E-state index >= 15 is 0 Å². The number of carbonyl (C=O) groups is 1. The van der Waals surface area contributed by atoms with Gasteiger partial charge in [-0.15, -0.1) is 11.8 Å². The third kappa shape index (κ3) is 2.86. The molecule has 2 heterocycles. The van der Waals surface area contributed by atoms with Crippen LogP contribution in [-0.2, 0) is 11.2 Å². The van der Waals surface area contributed by atoms with Gasteiger partial charge in [-0.3, -0.25) is 9.36 Å². The van der Waals surface area contributed by atoms with E-state index in [1.807, 2.05) is 12.1 Å². The molecule has 5 heteroatoms. The van der Waals surface area contributed by atoms with E-state index in [1.165, 1.54) is 38.2 Å². The number of carboxylic acid groups (broad SMARTS) is 1. The molecule has 2 aromatic carbocycles. The molecule has 3 aromatic rings. The zero-order valence-electron chi connectivity index (χ0n) is 14.7. The van der Waals surface area contributed by atoms with Crippen molar-refractivity contribution in [2.45, 2.75) is 36.2 Å². The molecular weight excluding hydrogens is 358 g/mol. The number of hydrogen-bond donors (Lipinski definition) is 1. The molecule has 4 nitrogen and oxygen atoms in total. The minimum Gasteiger partial charge on any atom is -0.480 e. The van der Waals surface area contributed by atoms with Crippen molar-refractivity contribution < 1.29 is 9.90 Å². The third-order valence-electron chi connectivity index (χ3n) is 5.50. The lowest BCUT2D eigenvalue weighted by Gasteiger charge is -2.16. The highest BCUT2D eigenvalue weighted by molar-refractivity contribution is 7.99. The average molecular weight is 377 g/mol. The highest BCUT2D eigenvalue weighted by Gasteiger charge is 2.37. The van der Waals surface area contributed by atoms with Gasteiger partial charge in [0.25, 0.3) is 5.56 Å². The van der Waals surface area contributed by atoms with Crippen LogP contribution in [0.1, 0.15) is 41.5 Å². The van der Waals surface area contributed by atoms with Gasteiger partial charge in [-0.1, -0.05) is 42.5 Å². The van der Waals surface area contributed by atoms with Crippen molar-refractivity contribution in [3.63, 3.8) is 0 Å². The van der Waals surface area contributed by atoms with Crippen molar-refractivity contribution >= 4 is 28.5 Å². The van der Waals surface area contributed by atoms with Gasteiger partial charge in [-0.2, -0.15) is 0 Å². The van der Waals surface area contributed by atoms with E-state index in [9.17, 15) is 14.7 Å². The summed E-state index contributed by atoms with van der Waals surface area (Å²) in [5, 5.41) is 12.7. The molecule has 27 heavy (non-hydrogen) atoms. The van der Waals surface area contributed by atoms with Crippen molar-refractivity contribution in [2.24, 2.45) is 0 Å². The normalized spacial score (nSPS) is 18.6. The first kappa shape index (κ1) is 16.6. The Kier molecular flexibility index (Phi) is 3.86. The van der Waals surface area contributed by atoms with Crippen LogP contribution in [0.3, 0.4) is 0 Å². The van der Waals surface area contributed by atoms with Gasteiger partial charge in [0.05, 0.1) is 5.03 Å². The summed E-state index contributed by atoms with van der Waals surface area (Å²) < 4.78 is 1.50. The van der Waals surface area contributed by atoms with Gasteiger partial charge in [0.1, 0.15) is 6.04 Å². The van der Waals surface area contributed by atoms with Gasteiger partial charge < -0.3 is 5.11 Å². The van der Waals surface area contributed by atoms with Gasteiger partial charge in [-0.05, 0) is 52.6 Å². The molecule has 0 saturated heterocycles. The summed E-state index contributed by atoms with van der Waals surface area (Å²) >= 11 is 1.52. The van der Waals surface area contributed by atoms with Crippen molar-refractivity contribution in [1.29, 1.82) is 0 Å². The predicted molar refractivity (Wildman–Crippen MR) is 107 cm³/mol. The van der Waals surface area contributed by atoms with Gasteiger partial charge >= 0.3 is 5.97 Å². The maximum absolute atomic E-state index is 12.7. The van der Waals surface area contributed by atoms with Crippen LogP contribution in [0, 0.1) is 0 Å². The van der Waals surface area contributed by atoms with Crippen LogP contribution in [-0.4, -0.2) is 21.4 Å². The Labute approximate surface area is 160 Å². The maximum Gasteiger partial charge on any atom is 0.327 e. The number of aromatic nitrogens is 1. The lowest BCUT2D eigenvalue weighted by Crippen LogP contribution is -2.29. The number of benzene rings is 2. The Morgan fingerprint density at radius 3 is 2.63 bits per heavy atom. The quantitative estimate of drug-likeness (QED) is 0.740. The number of thioether (sulfide) groups is 1. The summed E-state index contributed by atoms with van der Waals surface area (Å²) in [4.78, 5) is 24.3. The van der Waals surface area contributed by atoms with Gasteiger partial charge in [0.2, 0.25) is 0 Å². The third-order valence-corrected chi connectivity index (χ3v) is 6.67. The fourth-order valence-corrected chi connectivity index (χ4v) is 5.46. The van der Waals surface area contributed by atoms with E-state index in [2.05, 4.69) is 30.3 Å². The molecule has 1 N–H and O–H groups in total. The first-order chi connectivity index (χ1) is 13.1. The fraction of sp³-hybridized carbons (Fsp3) is 0.273. The SMILES string of the molecule is O=C(O)[C@@H]1CSc2c(C3CC3)c(Cc3ccc4ccccc4c3)cc(=O)n21. The molecular formula is C22H19NO3S. The zero-order chi connectivity index (χ0) is 18.5. The van der Waals surface area contributed by atoms with Gasteiger partial charge in [0.15, 0.2) is 0 Å². The van der Waals surface area contributed by atoms with E-state index in [4.69, 9.17) is 0 Å².